The van der Waals surface area contributed by atoms with E-state index in [2.05, 4.69) is 30.5 Å². The second-order valence-corrected chi connectivity index (χ2v) is 6.08. The molecule has 4 N–H and O–H groups in total. The van der Waals surface area contributed by atoms with Crippen LogP contribution < -0.4 is 11.1 Å². The highest BCUT2D eigenvalue weighted by molar-refractivity contribution is 6.12. The minimum atomic E-state index is -0.501. The second-order valence-electron chi connectivity index (χ2n) is 6.08. The molecule has 0 aliphatic carbocycles. The van der Waals surface area contributed by atoms with Gasteiger partial charge in [0.25, 0.3) is 5.91 Å². The molecule has 0 aliphatic heterocycles. The van der Waals surface area contributed by atoms with Gasteiger partial charge in [0.2, 0.25) is 0 Å². The standard InChI is InChI=1S/C19H13N7O2/c20-16-14-15(25-26-17(14)22-9-21-16)18(27)24-19-23-12-8-11(6-7-13(12)28-19)10-4-2-1-3-5-10/h1-9H,(H,23,24,27)(H3,20,21,22,25,26). The van der Waals surface area contributed by atoms with Crippen LogP contribution in [0.4, 0.5) is 11.8 Å². The number of H-pyrrole nitrogens is 1. The zero-order valence-electron chi connectivity index (χ0n) is 14.4. The molecule has 0 atom stereocenters. The van der Waals surface area contributed by atoms with Crippen molar-refractivity contribution in [1.82, 2.24) is 25.1 Å². The number of nitrogen functional groups attached to an aromatic ring is 1. The van der Waals surface area contributed by atoms with Crippen LogP contribution in [0.3, 0.4) is 0 Å². The Bertz CT molecular complexity index is 1320. The van der Waals surface area contributed by atoms with Crippen molar-refractivity contribution in [3.05, 3.63) is 60.6 Å². The number of anilines is 2. The first-order chi connectivity index (χ1) is 13.7. The quantitative estimate of drug-likeness (QED) is 0.443. The van der Waals surface area contributed by atoms with E-state index in [9.17, 15) is 4.79 Å². The minimum Gasteiger partial charge on any atom is -0.423 e. The first-order valence-corrected chi connectivity index (χ1v) is 8.41. The number of amides is 1. The Kier molecular flexibility index (Phi) is 3.51. The van der Waals surface area contributed by atoms with E-state index in [4.69, 9.17) is 10.2 Å². The number of hydrogen-bond acceptors (Lipinski definition) is 7. The third-order valence-electron chi connectivity index (χ3n) is 4.32. The van der Waals surface area contributed by atoms with E-state index in [-0.39, 0.29) is 17.5 Å². The van der Waals surface area contributed by atoms with Crippen molar-refractivity contribution in [1.29, 1.82) is 0 Å². The van der Waals surface area contributed by atoms with Crippen molar-refractivity contribution in [3.8, 4) is 11.1 Å². The molecule has 9 nitrogen and oxygen atoms in total. The monoisotopic (exact) mass is 371 g/mol. The van der Waals surface area contributed by atoms with Crippen LogP contribution >= 0.6 is 0 Å². The van der Waals surface area contributed by atoms with E-state index in [1.807, 2.05) is 48.5 Å². The number of oxazole rings is 1. The lowest BCUT2D eigenvalue weighted by Gasteiger charge is -1.99. The van der Waals surface area contributed by atoms with Gasteiger partial charge in [-0.2, -0.15) is 10.1 Å². The van der Waals surface area contributed by atoms with E-state index in [1.165, 1.54) is 6.33 Å². The van der Waals surface area contributed by atoms with Gasteiger partial charge in [-0.05, 0) is 23.3 Å². The number of fused-ring (bicyclic) bond motifs is 2. The van der Waals surface area contributed by atoms with Gasteiger partial charge in [0.1, 0.15) is 23.4 Å². The number of aromatic amines is 1. The Morgan fingerprint density at radius 3 is 2.79 bits per heavy atom. The molecule has 0 unspecified atom stereocenters. The van der Waals surface area contributed by atoms with Crippen molar-refractivity contribution in [2.45, 2.75) is 0 Å². The van der Waals surface area contributed by atoms with Gasteiger partial charge in [-0.1, -0.05) is 36.4 Å². The molecular weight excluding hydrogens is 358 g/mol. The van der Waals surface area contributed by atoms with Gasteiger partial charge in [0, 0.05) is 0 Å². The van der Waals surface area contributed by atoms with Gasteiger partial charge in [-0.3, -0.25) is 15.2 Å². The number of nitrogens with one attached hydrogen (secondary N) is 2. The van der Waals surface area contributed by atoms with E-state index in [0.29, 0.717) is 22.1 Å². The van der Waals surface area contributed by atoms with Crippen LogP contribution in [0.1, 0.15) is 10.5 Å². The lowest BCUT2D eigenvalue weighted by molar-refractivity contribution is 0.102. The zero-order chi connectivity index (χ0) is 19.1. The number of carbonyl (C=O) groups excluding carboxylic acids is 1. The third-order valence-corrected chi connectivity index (χ3v) is 4.32. The van der Waals surface area contributed by atoms with Crippen molar-refractivity contribution in [2.24, 2.45) is 0 Å². The Labute approximate surface area is 157 Å². The summed E-state index contributed by atoms with van der Waals surface area (Å²) in [6.07, 6.45) is 1.28. The van der Waals surface area contributed by atoms with Gasteiger partial charge in [0.05, 0.1) is 5.39 Å². The molecule has 9 heteroatoms. The van der Waals surface area contributed by atoms with Crippen LogP contribution in [0.25, 0.3) is 33.3 Å². The average Bonchev–Trinajstić information content (AvgIpc) is 3.32. The largest absolute Gasteiger partial charge is 0.423 e. The molecule has 0 saturated heterocycles. The molecule has 0 spiro atoms. The summed E-state index contributed by atoms with van der Waals surface area (Å²) >= 11 is 0. The average molecular weight is 371 g/mol. The lowest BCUT2D eigenvalue weighted by Crippen LogP contribution is -2.13. The number of nitrogens with two attached hydrogens (primary N) is 1. The Morgan fingerprint density at radius 2 is 1.93 bits per heavy atom. The molecule has 3 heterocycles. The zero-order valence-corrected chi connectivity index (χ0v) is 14.4. The number of rotatable bonds is 3. The van der Waals surface area contributed by atoms with Crippen LogP contribution in [-0.2, 0) is 0 Å². The number of nitrogens with zero attached hydrogens (tertiary/aromatic N) is 4. The van der Waals surface area contributed by atoms with Crippen molar-refractivity contribution in [3.63, 3.8) is 0 Å². The number of aromatic nitrogens is 5. The van der Waals surface area contributed by atoms with Gasteiger partial charge >= 0.3 is 6.01 Å². The SMILES string of the molecule is Nc1ncnc2n[nH]c(C(=O)Nc3nc4cc(-c5ccccc5)ccc4o3)c12. The van der Waals surface area contributed by atoms with Gasteiger partial charge in [0.15, 0.2) is 11.2 Å². The molecule has 28 heavy (non-hydrogen) atoms. The fourth-order valence-corrected chi connectivity index (χ4v) is 2.99. The molecule has 3 aromatic heterocycles. The Morgan fingerprint density at radius 1 is 1.07 bits per heavy atom. The van der Waals surface area contributed by atoms with Crippen LogP contribution in [0.2, 0.25) is 0 Å². The summed E-state index contributed by atoms with van der Waals surface area (Å²) < 4.78 is 5.63. The summed E-state index contributed by atoms with van der Waals surface area (Å²) in [5.74, 6) is -0.340. The molecule has 136 valence electrons. The molecule has 5 aromatic rings. The van der Waals surface area contributed by atoms with Crippen molar-refractivity contribution in [2.75, 3.05) is 11.1 Å². The molecule has 1 amide bonds. The summed E-state index contributed by atoms with van der Waals surface area (Å²) in [7, 11) is 0. The van der Waals surface area contributed by atoms with Crippen molar-refractivity contribution >= 4 is 39.9 Å². The summed E-state index contributed by atoms with van der Waals surface area (Å²) in [5, 5.41) is 9.55. The normalized spacial score (nSPS) is 11.1. The Hall–Kier alpha value is -4.27. The molecule has 0 radical (unpaired) electrons. The van der Waals surface area contributed by atoms with Gasteiger partial charge < -0.3 is 10.2 Å². The minimum absolute atomic E-state index is 0.0726. The molecule has 0 aliphatic rings. The highest BCUT2D eigenvalue weighted by Crippen LogP contribution is 2.26. The lowest BCUT2D eigenvalue weighted by atomic mass is 10.1. The molecule has 0 bridgehead atoms. The summed E-state index contributed by atoms with van der Waals surface area (Å²) in [5.41, 5.74) is 9.55. The number of benzene rings is 2. The maximum absolute atomic E-state index is 12.6. The van der Waals surface area contributed by atoms with Crippen LogP contribution in [0.15, 0.2) is 59.3 Å². The van der Waals surface area contributed by atoms with E-state index in [0.717, 1.165) is 11.1 Å². The third kappa shape index (κ3) is 2.62. The van der Waals surface area contributed by atoms with E-state index < -0.39 is 5.91 Å². The van der Waals surface area contributed by atoms with E-state index in [1.54, 1.807) is 0 Å². The highest BCUT2D eigenvalue weighted by Gasteiger charge is 2.19. The molecule has 2 aromatic carbocycles. The fraction of sp³-hybridized carbons (Fsp3) is 0. The number of carbonyl (C=O) groups is 1. The van der Waals surface area contributed by atoms with E-state index >= 15 is 0 Å². The first kappa shape index (κ1) is 15.9. The number of hydrogen-bond donors (Lipinski definition) is 3. The smallest absolute Gasteiger partial charge is 0.302 e. The Balaban J connectivity index is 1.47. The maximum atomic E-state index is 12.6. The second kappa shape index (κ2) is 6.16. The molecular formula is C19H13N7O2. The van der Waals surface area contributed by atoms with Gasteiger partial charge in [-0.25, -0.2) is 9.97 Å². The summed E-state index contributed by atoms with van der Waals surface area (Å²) in [4.78, 5) is 24.8. The highest BCUT2D eigenvalue weighted by atomic mass is 16.4. The van der Waals surface area contributed by atoms with Crippen LogP contribution in [0, 0.1) is 0 Å². The maximum Gasteiger partial charge on any atom is 0.302 e. The first-order valence-electron chi connectivity index (χ1n) is 8.41. The predicted molar refractivity (Wildman–Crippen MR) is 103 cm³/mol. The van der Waals surface area contributed by atoms with Gasteiger partial charge in [-0.15, -0.1) is 0 Å². The molecule has 5 rings (SSSR count). The van der Waals surface area contributed by atoms with Crippen LogP contribution in [0.5, 0.6) is 0 Å². The summed E-state index contributed by atoms with van der Waals surface area (Å²) in [6.45, 7) is 0. The topological polar surface area (TPSA) is 136 Å². The fourth-order valence-electron chi connectivity index (χ4n) is 2.99. The predicted octanol–water partition coefficient (Wildman–Crippen LogP) is 3.00. The molecule has 0 fully saturated rings. The van der Waals surface area contributed by atoms with Crippen LogP contribution in [-0.4, -0.2) is 31.1 Å². The molecule has 0 saturated carbocycles. The van der Waals surface area contributed by atoms with Crippen molar-refractivity contribution < 1.29 is 9.21 Å². The summed E-state index contributed by atoms with van der Waals surface area (Å²) in [6, 6.07) is 15.7.